The van der Waals surface area contributed by atoms with E-state index in [1.165, 1.54) is 23.3 Å². The first-order valence-corrected chi connectivity index (χ1v) is 7.44. The van der Waals surface area contributed by atoms with Crippen LogP contribution in [0.25, 0.3) is 10.9 Å². The van der Waals surface area contributed by atoms with Gasteiger partial charge in [-0.25, -0.2) is 4.98 Å². The van der Waals surface area contributed by atoms with Crippen molar-refractivity contribution in [2.24, 2.45) is 5.73 Å². The minimum absolute atomic E-state index is 0.00647. The van der Waals surface area contributed by atoms with Crippen molar-refractivity contribution in [2.75, 3.05) is 0 Å². The van der Waals surface area contributed by atoms with Gasteiger partial charge in [-0.3, -0.25) is 10.4 Å². The lowest BCUT2D eigenvalue weighted by molar-refractivity contribution is 1.10. The van der Waals surface area contributed by atoms with Crippen LogP contribution in [0.4, 0.5) is 0 Å². The molecule has 0 bridgehead atoms. The maximum absolute atomic E-state index is 7.71. The summed E-state index contributed by atoms with van der Waals surface area (Å²) in [5.41, 5.74) is 7.16. The lowest BCUT2D eigenvalue weighted by Crippen LogP contribution is -2.13. The SMILES string of the molecule is Cc1nsc(Sc2c(C(=N)N)cnc3ccccc23)n1. The predicted molar refractivity (Wildman–Crippen MR) is 81.5 cm³/mol. The Kier molecular flexibility index (Phi) is 3.37. The van der Waals surface area contributed by atoms with Crippen LogP contribution in [0.3, 0.4) is 0 Å². The van der Waals surface area contributed by atoms with Crippen LogP contribution in [0.2, 0.25) is 0 Å². The highest BCUT2D eigenvalue weighted by Crippen LogP contribution is 2.36. The number of nitrogens with one attached hydrogen (secondary N) is 1. The van der Waals surface area contributed by atoms with E-state index in [-0.39, 0.29) is 5.84 Å². The highest BCUT2D eigenvalue weighted by molar-refractivity contribution is 8.01. The van der Waals surface area contributed by atoms with Crippen LogP contribution in [-0.2, 0) is 0 Å². The van der Waals surface area contributed by atoms with Gasteiger partial charge in [-0.2, -0.15) is 4.37 Å². The Morgan fingerprint density at radius 3 is 2.85 bits per heavy atom. The second-order valence-electron chi connectivity index (χ2n) is 4.14. The van der Waals surface area contributed by atoms with Crippen molar-refractivity contribution in [3.8, 4) is 0 Å². The number of nitrogens with zero attached hydrogens (tertiary/aromatic N) is 3. The fraction of sp³-hybridized carbons (Fsp3) is 0.0769. The van der Waals surface area contributed by atoms with Gasteiger partial charge in [-0.15, -0.1) is 0 Å². The number of aromatic nitrogens is 3. The van der Waals surface area contributed by atoms with E-state index in [2.05, 4.69) is 14.3 Å². The Bertz CT molecular complexity index is 796. The molecule has 3 N–H and O–H groups in total. The molecule has 3 aromatic rings. The zero-order chi connectivity index (χ0) is 14.1. The van der Waals surface area contributed by atoms with Crippen LogP contribution >= 0.6 is 23.3 Å². The van der Waals surface area contributed by atoms with E-state index in [9.17, 15) is 0 Å². The Morgan fingerprint density at radius 1 is 1.35 bits per heavy atom. The average molecular weight is 301 g/mol. The van der Waals surface area contributed by atoms with Crippen molar-refractivity contribution in [2.45, 2.75) is 16.2 Å². The first-order chi connectivity index (χ1) is 9.65. The summed E-state index contributed by atoms with van der Waals surface area (Å²) in [6.45, 7) is 1.86. The first-order valence-electron chi connectivity index (χ1n) is 5.85. The third kappa shape index (κ3) is 2.37. The van der Waals surface area contributed by atoms with Crippen LogP contribution in [0, 0.1) is 12.3 Å². The van der Waals surface area contributed by atoms with Crippen molar-refractivity contribution in [1.29, 1.82) is 5.41 Å². The topological polar surface area (TPSA) is 88.5 Å². The van der Waals surface area contributed by atoms with Gasteiger partial charge >= 0.3 is 0 Å². The molecule has 5 nitrogen and oxygen atoms in total. The number of nitrogen functional groups attached to an aromatic ring is 1. The Balaban J connectivity index is 2.19. The second-order valence-corrected chi connectivity index (χ2v) is 6.15. The van der Waals surface area contributed by atoms with E-state index >= 15 is 0 Å². The number of para-hydroxylation sites is 1. The quantitative estimate of drug-likeness (QED) is 0.573. The molecule has 2 aromatic heterocycles. The molecule has 0 unspecified atom stereocenters. The van der Waals surface area contributed by atoms with E-state index in [4.69, 9.17) is 11.1 Å². The number of pyridine rings is 1. The summed E-state index contributed by atoms with van der Waals surface area (Å²) in [4.78, 5) is 9.60. The van der Waals surface area contributed by atoms with Crippen molar-refractivity contribution >= 4 is 40.0 Å². The molecule has 0 spiro atoms. The molecule has 0 atom stereocenters. The molecular weight excluding hydrogens is 290 g/mol. The molecule has 1 aromatic carbocycles. The van der Waals surface area contributed by atoms with Gasteiger partial charge in [0, 0.05) is 22.0 Å². The molecule has 100 valence electrons. The lowest BCUT2D eigenvalue weighted by atomic mass is 10.1. The maximum Gasteiger partial charge on any atom is 0.174 e. The lowest BCUT2D eigenvalue weighted by Gasteiger charge is -2.09. The molecule has 7 heteroatoms. The minimum atomic E-state index is 0.00647. The summed E-state index contributed by atoms with van der Waals surface area (Å²) in [7, 11) is 0. The summed E-state index contributed by atoms with van der Waals surface area (Å²) in [6, 6.07) is 7.80. The zero-order valence-electron chi connectivity index (χ0n) is 10.6. The minimum Gasteiger partial charge on any atom is -0.384 e. The fourth-order valence-electron chi connectivity index (χ4n) is 1.82. The van der Waals surface area contributed by atoms with E-state index in [1.807, 2.05) is 31.2 Å². The number of nitrogens with two attached hydrogens (primary N) is 1. The van der Waals surface area contributed by atoms with E-state index in [0.717, 1.165) is 26.0 Å². The number of amidine groups is 1. The monoisotopic (exact) mass is 301 g/mol. The summed E-state index contributed by atoms with van der Waals surface area (Å²) >= 11 is 2.82. The van der Waals surface area contributed by atoms with E-state index in [0.29, 0.717) is 5.56 Å². The maximum atomic E-state index is 7.71. The van der Waals surface area contributed by atoms with Gasteiger partial charge < -0.3 is 5.73 Å². The number of benzene rings is 1. The Labute approximate surface area is 123 Å². The van der Waals surface area contributed by atoms with Crippen LogP contribution in [0.15, 0.2) is 39.7 Å². The Hall–Kier alpha value is -1.99. The highest BCUT2D eigenvalue weighted by Gasteiger charge is 2.14. The number of aryl methyl sites for hydroxylation is 1. The third-order valence-electron chi connectivity index (χ3n) is 2.71. The molecule has 0 amide bonds. The standard InChI is InChI=1S/C13H11N5S2/c1-7-17-13(20-18-7)19-11-8-4-2-3-5-10(8)16-6-9(11)12(14)15/h2-6H,1H3,(H3,14,15). The van der Waals surface area contributed by atoms with E-state index < -0.39 is 0 Å². The molecule has 20 heavy (non-hydrogen) atoms. The van der Waals surface area contributed by atoms with Crippen molar-refractivity contribution in [3.63, 3.8) is 0 Å². The van der Waals surface area contributed by atoms with Crippen LogP contribution in [0.1, 0.15) is 11.4 Å². The number of fused-ring (bicyclic) bond motifs is 1. The van der Waals surface area contributed by atoms with Gasteiger partial charge in [0.2, 0.25) is 0 Å². The van der Waals surface area contributed by atoms with Crippen molar-refractivity contribution in [1.82, 2.24) is 14.3 Å². The number of hydrogen-bond donors (Lipinski definition) is 2. The molecule has 0 aliphatic carbocycles. The summed E-state index contributed by atoms with van der Waals surface area (Å²) < 4.78 is 5.01. The van der Waals surface area contributed by atoms with Gasteiger partial charge in [0.15, 0.2) is 4.34 Å². The average Bonchev–Trinajstić information content (AvgIpc) is 2.84. The van der Waals surface area contributed by atoms with Gasteiger partial charge in [0.05, 0.1) is 5.52 Å². The summed E-state index contributed by atoms with van der Waals surface area (Å²) in [5, 5.41) is 8.68. The molecule has 0 aliphatic rings. The summed E-state index contributed by atoms with van der Waals surface area (Å²) in [5.74, 6) is 0.757. The summed E-state index contributed by atoms with van der Waals surface area (Å²) in [6.07, 6.45) is 1.64. The van der Waals surface area contributed by atoms with E-state index in [1.54, 1.807) is 6.20 Å². The zero-order valence-corrected chi connectivity index (χ0v) is 12.3. The number of rotatable bonds is 3. The molecule has 0 fully saturated rings. The van der Waals surface area contributed by atoms with Crippen LogP contribution < -0.4 is 5.73 Å². The molecule has 2 heterocycles. The van der Waals surface area contributed by atoms with Crippen molar-refractivity contribution < 1.29 is 0 Å². The van der Waals surface area contributed by atoms with Gasteiger partial charge in [0.25, 0.3) is 0 Å². The fourth-order valence-corrected chi connectivity index (χ4v) is 3.67. The van der Waals surface area contributed by atoms with Gasteiger partial charge in [-0.05, 0) is 24.5 Å². The second kappa shape index (κ2) is 5.18. The first kappa shape index (κ1) is 13.0. The third-order valence-corrected chi connectivity index (χ3v) is 4.70. The molecule has 0 aliphatic heterocycles. The smallest absolute Gasteiger partial charge is 0.174 e. The molecule has 0 saturated carbocycles. The molecule has 0 saturated heterocycles. The normalized spacial score (nSPS) is 10.8. The molecular formula is C13H11N5S2. The number of hydrogen-bond acceptors (Lipinski definition) is 6. The predicted octanol–water partition coefficient (Wildman–Crippen LogP) is 2.83. The largest absolute Gasteiger partial charge is 0.384 e. The van der Waals surface area contributed by atoms with Gasteiger partial charge in [0.1, 0.15) is 11.7 Å². The molecule has 3 rings (SSSR count). The van der Waals surface area contributed by atoms with Crippen LogP contribution in [-0.4, -0.2) is 20.2 Å². The highest BCUT2D eigenvalue weighted by atomic mass is 32.2. The van der Waals surface area contributed by atoms with Crippen molar-refractivity contribution in [3.05, 3.63) is 41.9 Å². The molecule has 0 radical (unpaired) electrons. The van der Waals surface area contributed by atoms with Crippen LogP contribution in [0.5, 0.6) is 0 Å². The Morgan fingerprint density at radius 2 is 2.15 bits per heavy atom. The van der Waals surface area contributed by atoms with Gasteiger partial charge in [-0.1, -0.05) is 30.0 Å².